The van der Waals surface area contributed by atoms with Crippen molar-refractivity contribution in [1.29, 1.82) is 0 Å². The molecule has 17 heavy (non-hydrogen) atoms. The average molecular weight is 309 g/mol. The van der Waals surface area contributed by atoms with Gasteiger partial charge in [-0.3, -0.25) is 0 Å². The summed E-state index contributed by atoms with van der Waals surface area (Å²) in [6.45, 7) is 0. The third kappa shape index (κ3) is 1.94. The third-order valence-corrected chi connectivity index (χ3v) is 3.37. The van der Waals surface area contributed by atoms with Gasteiger partial charge < -0.3 is 4.98 Å². The predicted molar refractivity (Wildman–Crippen MR) is 72.0 cm³/mol. The first-order valence-corrected chi connectivity index (χ1v) is 6.17. The van der Waals surface area contributed by atoms with Crippen molar-refractivity contribution in [2.45, 2.75) is 0 Å². The fourth-order valence-corrected chi connectivity index (χ4v) is 2.26. The van der Waals surface area contributed by atoms with Gasteiger partial charge in [0.2, 0.25) is 0 Å². The van der Waals surface area contributed by atoms with E-state index in [1.807, 2.05) is 30.3 Å². The van der Waals surface area contributed by atoms with E-state index in [4.69, 9.17) is 11.6 Å². The molecule has 3 nitrogen and oxygen atoms in total. The fraction of sp³-hybridized carbons (Fsp3) is 0. The van der Waals surface area contributed by atoms with Gasteiger partial charge in [0.25, 0.3) is 0 Å². The largest absolute Gasteiger partial charge is 0.337 e. The van der Waals surface area contributed by atoms with E-state index >= 15 is 0 Å². The molecule has 84 valence electrons. The number of hydrogen-bond donors (Lipinski definition) is 1. The van der Waals surface area contributed by atoms with Crippen LogP contribution in [-0.4, -0.2) is 15.0 Å². The van der Waals surface area contributed by atoms with Crippen LogP contribution in [0.5, 0.6) is 0 Å². The number of aromatic amines is 1. The van der Waals surface area contributed by atoms with E-state index in [1.54, 1.807) is 6.20 Å². The van der Waals surface area contributed by atoms with Gasteiger partial charge in [-0.25, -0.2) is 9.97 Å². The molecule has 0 saturated carbocycles. The first kappa shape index (κ1) is 10.7. The molecule has 3 aromatic rings. The van der Waals surface area contributed by atoms with Gasteiger partial charge in [0.15, 0.2) is 5.65 Å². The number of nitrogens with one attached hydrogen (secondary N) is 1. The summed E-state index contributed by atoms with van der Waals surface area (Å²) in [6, 6.07) is 9.41. The molecule has 2 heterocycles. The highest BCUT2D eigenvalue weighted by atomic mass is 79.9. The molecule has 0 fully saturated rings. The van der Waals surface area contributed by atoms with E-state index in [-0.39, 0.29) is 0 Å². The number of aromatic nitrogens is 3. The summed E-state index contributed by atoms with van der Waals surface area (Å²) in [7, 11) is 0. The summed E-state index contributed by atoms with van der Waals surface area (Å²) in [5, 5.41) is 0.677. The number of halogens is 2. The lowest BCUT2D eigenvalue weighted by Crippen LogP contribution is -1.82. The normalized spacial score (nSPS) is 10.9. The maximum absolute atomic E-state index is 5.99. The molecule has 0 aliphatic rings. The van der Waals surface area contributed by atoms with Crippen molar-refractivity contribution >= 4 is 38.7 Å². The van der Waals surface area contributed by atoms with Crippen molar-refractivity contribution in [3.63, 3.8) is 0 Å². The SMILES string of the molecule is Clc1ccc(Br)c(-c2nc3ncccc3[nH]2)c1. The van der Waals surface area contributed by atoms with Crippen molar-refractivity contribution in [3.8, 4) is 11.4 Å². The molecule has 0 bridgehead atoms. The zero-order valence-corrected chi connectivity index (χ0v) is 11.0. The molecule has 0 aliphatic carbocycles. The highest BCUT2D eigenvalue weighted by molar-refractivity contribution is 9.10. The second-order valence-corrected chi connectivity index (χ2v) is 4.87. The second-order valence-electron chi connectivity index (χ2n) is 3.58. The molecule has 5 heteroatoms. The molecule has 0 spiro atoms. The summed E-state index contributed by atoms with van der Waals surface area (Å²) < 4.78 is 0.945. The molecular weight excluding hydrogens is 302 g/mol. The minimum atomic E-state index is 0.677. The number of benzene rings is 1. The number of fused-ring (bicyclic) bond motifs is 1. The number of pyridine rings is 1. The second kappa shape index (κ2) is 4.13. The molecule has 2 aromatic heterocycles. The van der Waals surface area contributed by atoms with E-state index in [9.17, 15) is 0 Å². The first-order valence-electron chi connectivity index (χ1n) is 5.00. The number of H-pyrrole nitrogens is 1. The maximum Gasteiger partial charge on any atom is 0.178 e. The summed E-state index contributed by atoms with van der Waals surface area (Å²) in [5.41, 5.74) is 2.54. The van der Waals surface area contributed by atoms with Gasteiger partial charge in [-0.15, -0.1) is 0 Å². The lowest BCUT2D eigenvalue weighted by atomic mass is 10.2. The molecular formula is C12H7BrClN3. The molecule has 0 saturated heterocycles. The highest BCUT2D eigenvalue weighted by Crippen LogP contribution is 2.29. The van der Waals surface area contributed by atoms with Crippen LogP contribution in [0.25, 0.3) is 22.6 Å². The Labute approximate surface area is 111 Å². The Morgan fingerprint density at radius 3 is 2.94 bits per heavy atom. The van der Waals surface area contributed by atoms with Crippen LogP contribution in [0, 0.1) is 0 Å². The topological polar surface area (TPSA) is 41.6 Å². The first-order chi connectivity index (χ1) is 8.24. The van der Waals surface area contributed by atoms with Crippen LogP contribution < -0.4 is 0 Å². The standard InChI is InChI=1S/C12H7BrClN3/c13-9-4-3-7(14)6-8(9)11-16-10-2-1-5-15-12(10)17-11/h1-6H,(H,15,16,17). The van der Waals surface area contributed by atoms with Crippen LogP contribution in [0.15, 0.2) is 41.0 Å². The van der Waals surface area contributed by atoms with Gasteiger partial charge in [0.1, 0.15) is 5.82 Å². The Morgan fingerprint density at radius 1 is 1.24 bits per heavy atom. The van der Waals surface area contributed by atoms with Crippen molar-refractivity contribution in [2.75, 3.05) is 0 Å². The van der Waals surface area contributed by atoms with Gasteiger partial charge in [0.05, 0.1) is 5.52 Å². The van der Waals surface area contributed by atoms with E-state index in [1.165, 1.54) is 0 Å². The van der Waals surface area contributed by atoms with Crippen molar-refractivity contribution < 1.29 is 0 Å². The quantitative estimate of drug-likeness (QED) is 0.737. The highest BCUT2D eigenvalue weighted by Gasteiger charge is 2.09. The maximum atomic E-state index is 5.99. The fourth-order valence-electron chi connectivity index (χ4n) is 1.65. The minimum Gasteiger partial charge on any atom is -0.337 e. The molecule has 1 aromatic carbocycles. The van der Waals surface area contributed by atoms with Gasteiger partial charge in [-0.2, -0.15) is 0 Å². The van der Waals surface area contributed by atoms with E-state index in [0.717, 1.165) is 21.4 Å². The Hall–Kier alpha value is -1.39. The third-order valence-electron chi connectivity index (χ3n) is 2.44. The van der Waals surface area contributed by atoms with Crippen LogP contribution in [-0.2, 0) is 0 Å². The monoisotopic (exact) mass is 307 g/mol. The van der Waals surface area contributed by atoms with Gasteiger partial charge in [-0.1, -0.05) is 27.5 Å². The van der Waals surface area contributed by atoms with Crippen LogP contribution in [0.3, 0.4) is 0 Å². The van der Waals surface area contributed by atoms with Gasteiger partial charge >= 0.3 is 0 Å². The van der Waals surface area contributed by atoms with Gasteiger partial charge in [-0.05, 0) is 30.3 Å². The molecule has 0 aliphatic heterocycles. The zero-order valence-electron chi connectivity index (χ0n) is 8.61. The molecule has 1 N–H and O–H groups in total. The van der Waals surface area contributed by atoms with E-state index < -0.39 is 0 Å². The molecule has 0 amide bonds. The minimum absolute atomic E-state index is 0.677. The summed E-state index contributed by atoms with van der Waals surface area (Å²) in [5.74, 6) is 0.757. The molecule has 0 atom stereocenters. The van der Waals surface area contributed by atoms with E-state index in [2.05, 4.69) is 30.9 Å². The lowest BCUT2D eigenvalue weighted by molar-refractivity contribution is 1.30. The van der Waals surface area contributed by atoms with Crippen LogP contribution in [0.2, 0.25) is 5.02 Å². The smallest absolute Gasteiger partial charge is 0.178 e. The van der Waals surface area contributed by atoms with Crippen LogP contribution in [0.1, 0.15) is 0 Å². The molecule has 0 unspecified atom stereocenters. The van der Waals surface area contributed by atoms with Gasteiger partial charge in [0, 0.05) is 21.3 Å². The number of hydrogen-bond acceptors (Lipinski definition) is 2. The number of rotatable bonds is 1. The Bertz CT molecular complexity index is 660. The summed E-state index contributed by atoms with van der Waals surface area (Å²) in [4.78, 5) is 11.8. The summed E-state index contributed by atoms with van der Waals surface area (Å²) >= 11 is 9.47. The Kier molecular flexibility index (Phi) is 2.61. The number of nitrogens with zero attached hydrogens (tertiary/aromatic N) is 2. The molecule has 3 rings (SSSR count). The summed E-state index contributed by atoms with van der Waals surface area (Å²) in [6.07, 6.45) is 1.72. The zero-order chi connectivity index (χ0) is 11.8. The molecule has 0 radical (unpaired) electrons. The Balaban J connectivity index is 2.23. The van der Waals surface area contributed by atoms with Crippen LogP contribution in [0.4, 0.5) is 0 Å². The van der Waals surface area contributed by atoms with Crippen molar-refractivity contribution in [3.05, 3.63) is 46.0 Å². The average Bonchev–Trinajstić information content (AvgIpc) is 2.75. The van der Waals surface area contributed by atoms with E-state index in [0.29, 0.717) is 10.7 Å². The van der Waals surface area contributed by atoms with Crippen molar-refractivity contribution in [2.24, 2.45) is 0 Å². The number of imidazole rings is 1. The lowest BCUT2D eigenvalue weighted by Gasteiger charge is -2.00. The predicted octanol–water partition coefficient (Wildman–Crippen LogP) is 4.04. The van der Waals surface area contributed by atoms with Crippen molar-refractivity contribution in [1.82, 2.24) is 15.0 Å². The Morgan fingerprint density at radius 2 is 2.12 bits per heavy atom. The van der Waals surface area contributed by atoms with Crippen LogP contribution >= 0.6 is 27.5 Å².